The highest BCUT2D eigenvalue weighted by atomic mass is 35.5. The van der Waals surface area contributed by atoms with E-state index in [4.69, 9.17) is 16.1 Å². The van der Waals surface area contributed by atoms with E-state index in [-0.39, 0.29) is 18.3 Å². The second kappa shape index (κ2) is 8.52. The molecule has 1 N–H and O–H groups in total. The van der Waals surface area contributed by atoms with Crippen LogP contribution in [0.25, 0.3) is 11.4 Å². The molecule has 1 aliphatic heterocycles. The van der Waals surface area contributed by atoms with E-state index in [1.54, 1.807) is 24.3 Å². The average Bonchev–Trinajstić information content (AvgIpc) is 3.40. The molecule has 164 valence electrons. The maximum atomic E-state index is 13.7. The van der Waals surface area contributed by atoms with E-state index in [9.17, 15) is 9.59 Å². The predicted octanol–water partition coefficient (Wildman–Crippen LogP) is 4.58. The molecule has 5 rings (SSSR count). The number of hydrogen-bond donors (Lipinski definition) is 1. The van der Waals surface area contributed by atoms with Gasteiger partial charge in [-0.2, -0.15) is 4.98 Å². The fraction of sp³-hybridized carbons (Fsp3) is 0.120. The monoisotopic (exact) mass is 458 g/mol. The van der Waals surface area contributed by atoms with Crippen LogP contribution < -0.4 is 5.32 Å². The zero-order chi connectivity index (χ0) is 22.8. The first kappa shape index (κ1) is 20.9. The molecule has 7 nitrogen and oxygen atoms in total. The standard InChI is InChI=1S/C25H19ClN4O3/c26-20-13-7-10-18(14-20)22-27-21(33-29-22)16-30-23(31)25(28-24(30)32,19-11-5-2-6-12-19)15-17-8-3-1-4-9-17/h1-14H,15-16H2,(H,28,32). The van der Waals surface area contributed by atoms with Crippen molar-refractivity contribution in [2.45, 2.75) is 18.5 Å². The summed E-state index contributed by atoms with van der Waals surface area (Å²) in [5.74, 6) is 0.111. The third-order valence-electron chi connectivity index (χ3n) is 5.60. The molecule has 0 saturated carbocycles. The van der Waals surface area contributed by atoms with E-state index in [2.05, 4.69) is 15.5 Å². The van der Waals surface area contributed by atoms with Gasteiger partial charge in [-0.3, -0.25) is 9.69 Å². The van der Waals surface area contributed by atoms with Crippen LogP contribution in [0.2, 0.25) is 5.02 Å². The number of hydrogen-bond acceptors (Lipinski definition) is 5. The Morgan fingerprint density at radius 3 is 2.39 bits per heavy atom. The highest BCUT2D eigenvalue weighted by Gasteiger charge is 2.52. The van der Waals surface area contributed by atoms with Crippen LogP contribution >= 0.6 is 11.6 Å². The molecule has 1 unspecified atom stereocenters. The van der Waals surface area contributed by atoms with Crippen LogP contribution in [0.5, 0.6) is 0 Å². The van der Waals surface area contributed by atoms with Crippen LogP contribution in [0.15, 0.2) is 89.5 Å². The number of carbonyl (C=O) groups excluding carboxylic acids is 2. The minimum atomic E-state index is -1.23. The molecule has 3 aromatic carbocycles. The van der Waals surface area contributed by atoms with Crippen molar-refractivity contribution in [3.05, 3.63) is 107 Å². The maximum Gasteiger partial charge on any atom is 0.325 e. The predicted molar refractivity (Wildman–Crippen MR) is 122 cm³/mol. The van der Waals surface area contributed by atoms with Gasteiger partial charge in [-0.25, -0.2) is 4.79 Å². The first-order valence-corrected chi connectivity index (χ1v) is 10.7. The van der Waals surface area contributed by atoms with Gasteiger partial charge in [0.05, 0.1) is 0 Å². The van der Waals surface area contributed by atoms with Crippen molar-refractivity contribution in [1.29, 1.82) is 0 Å². The Labute approximate surface area is 195 Å². The molecule has 0 radical (unpaired) electrons. The second-order valence-corrected chi connectivity index (χ2v) is 8.21. The molecule has 1 aromatic heterocycles. The molecule has 2 heterocycles. The second-order valence-electron chi connectivity index (χ2n) is 7.78. The third kappa shape index (κ3) is 3.99. The summed E-state index contributed by atoms with van der Waals surface area (Å²) in [6.07, 6.45) is 0.316. The highest BCUT2D eigenvalue weighted by Crippen LogP contribution is 2.34. The van der Waals surface area contributed by atoms with Crippen LogP contribution in [-0.4, -0.2) is 27.0 Å². The molecule has 8 heteroatoms. The van der Waals surface area contributed by atoms with Gasteiger partial charge in [0.25, 0.3) is 5.91 Å². The molecule has 1 saturated heterocycles. The van der Waals surface area contributed by atoms with Gasteiger partial charge in [0.15, 0.2) is 5.54 Å². The summed E-state index contributed by atoms with van der Waals surface area (Å²) >= 11 is 6.04. The summed E-state index contributed by atoms with van der Waals surface area (Å²) in [4.78, 5) is 32.1. The lowest BCUT2D eigenvalue weighted by Gasteiger charge is -2.27. The van der Waals surface area contributed by atoms with Crippen LogP contribution in [0.3, 0.4) is 0 Å². The molecule has 1 atom stereocenters. The Hall–Kier alpha value is -3.97. The smallest absolute Gasteiger partial charge is 0.325 e. The van der Waals surface area contributed by atoms with E-state index in [0.717, 1.165) is 10.5 Å². The maximum absolute atomic E-state index is 13.7. The molecule has 1 fully saturated rings. The van der Waals surface area contributed by atoms with Crippen molar-refractivity contribution in [2.75, 3.05) is 0 Å². The quantitative estimate of drug-likeness (QED) is 0.427. The number of aromatic nitrogens is 2. The number of nitrogens with one attached hydrogen (secondary N) is 1. The fourth-order valence-electron chi connectivity index (χ4n) is 4.01. The lowest BCUT2D eigenvalue weighted by molar-refractivity contribution is -0.132. The summed E-state index contributed by atoms with van der Waals surface area (Å²) in [7, 11) is 0. The number of amides is 3. The van der Waals surface area contributed by atoms with Gasteiger partial charge in [0.1, 0.15) is 6.54 Å². The highest BCUT2D eigenvalue weighted by molar-refractivity contribution is 6.30. The summed E-state index contributed by atoms with van der Waals surface area (Å²) < 4.78 is 5.33. The van der Waals surface area contributed by atoms with Gasteiger partial charge in [0, 0.05) is 17.0 Å². The van der Waals surface area contributed by atoms with Crippen LogP contribution in [0.4, 0.5) is 4.79 Å². The van der Waals surface area contributed by atoms with E-state index in [1.165, 1.54) is 0 Å². The van der Waals surface area contributed by atoms with Crippen molar-refractivity contribution in [2.24, 2.45) is 0 Å². The van der Waals surface area contributed by atoms with Crippen LogP contribution in [-0.2, 0) is 23.3 Å². The Morgan fingerprint density at radius 2 is 1.67 bits per heavy atom. The van der Waals surface area contributed by atoms with Gasteiger partial charge >= 0.3 is 6.03 Å². The Bertz CT molecular complexity index is 1310. The van der Waals surface area contributed by atoms with Gasteiger partial charge in [-0.05, 0) is 23.3 Å². The number of imide groups is 1. The number of rotatable bonds is 6. The zero-order valence-corrected chi connectivity index (χ0v) is 18.2. The van der Waals surface area contributed by atoms with Gasteiger partial charge in [0.2, 0.25) is 11.7 Å². The number of nitrogens with zero attached hydrogens (tertiary/aromatic N) is 3. The van der Waals surface area contributed by atoms with Gasteiger partial charge in [-0.1, -0.05) is 89.6 Å². The molecule has 0 bridgehead atoms. The summed E-state index contributed by atoms with van der Waals surface area (Å²) in [6.45, 7) is -0.137. The minimum Gasteiger partial charge on any atom is -0.337 e. The molecule has 0 aliphatic carbocycles. The topological polar surface area (TPSA) is 88.3 Å². The number of urea groups is 1. The molecule has 0 spiro atoms. The fourth-order valence-corrected chi connectivity index (χ4v) is 4.20. The van der Waals surface area contributed by atoms with Crippen molar-refractivity contribution >= 4 is 23.5 Å². The first-order valence-electron chi connectivity index (χ1n) is 10.4. The number of carbonyl (C=O) groups is 2. The molecular formula is C25H19ClN4O3. The molecular weight excluding hydrogens is 440 g/mol. The lowest BCUT2D eigenvalue weighted by Crippen LogP contribution is -2.46. The molecule has 3 amide bonds. The lowest BCUT2D eigenvalue weighted by atomic mass is 9.83. The third-order valence-corrected chi connectivity index (χ3v) is 5.83. The van der Waals surface area contributed by atoms with Crippen molar-refractivity contribution in [3.8, 4) is 11.4 Å². The van der Waals surface area contributed by atoms with E-state index in [0.29, 0.717) is 28.4 Å². The SMILES string of the molecule is O=C1NC(Cc2ccccc2)(c2ccccc2)C(=O)N1Cc1nc(-c2cccc(Cl)c2)no1. The number of benzene rings is 3. The molecule has 33 heavy (non-hydrogen) atoms. The van der Waals surface area contributed by atoms with E-state index >= 15 is 0 Å². The normalized spacial score (nSPS) is 17.9. The Kier molecular flexibility index (Phi) is 5.40. The van der Waals surface area contributed by atoms with Gasteiger partial charge in [-0.15, -0.1) is 0 Å². The van der Waals surface area contributed by atoms with E-state index in [1.807, 2.05) is 60.7 Å². The van der Waals surface area contributed by atoms with Crippen molar-refractivity contribution < 1.29 is 14.1 Å². The number of halogens is 1. The van der Waals surface area contributed by atoms with Crippen LogP contribution in [0.1, 0.15) is 17.0 Å². The largest absolute Gasteiger partial charge is 0.337 e. The summed E-state index contributed by atoms with van der Waals surface area (Å²) in [5, 5.41) is 7.44. The summed E-state index contributed by atoms with van der Waals surface area (Å²) in [6, 6.07) is 25.4. The Balaban J connectivity index is 1.45. The first-order chi connectivity index (χ1) is 16.0. The average molecular weight is 459 g/mol. The van der Waals surface area contributed by atoms with Crippen LogP contribution in [0, 0.1) is 0 Å². The Morgan fingerprint density at radius 1 is 0.939 bits per heavy atom. The van der Waals surface area contributed by atoms with E-state index < -0.39 is 11.6 Å². The van der Waals surface area contributed by atoms with Crippen molar-refractivity contribution in [3.63, 3.8) is 0 Å². The zero-order valence-electron chi connectivity index (χ0n) is 17.4. The molecule has 1 aliphatic rings. The molecule has 4 aromatic rings. The van der Waals surface area contributed by atoms with Crippen molar-refractivity contribution in [1.82, 2.24) is 20.4 Å². The minimum absolute atomic E-state index is 0.137. The summed E-state index contributed by atoms with van der Waals surface area (Å²) in [5.41, 5.74) is 1.09. The van der Waals surface area contributed by atoms with Gasteiger partial charge < -0.3 is 9.84 Å².